The first-order chi connectivity index (χ1) is 6.54. The molecular weight excluding hydrogens is 297 g/mol. The first-order valence-electron chi connectivity index (χ1n) is 3.90. The summed E-state index contributed by atoms with van der Waals surface area (Å²) < 4.78 is 5.71. The number of anilines is 1. The summed E-state index contributed by atoms with van der Waals surface area (Å²) in [6.07, 6.45) is 0. The van der Waals surface area contributed by atoms with E-state index in [9.17, 15) is 4.79 Å². The molecule has 0 spiro atoms. The molecule has 6 heteroatoms. The van der Waals surface area contributed by atoms with Crippen molar-refractivity contribution >= 4 is 34.2 Å². The van der Waals surface area contributed by atoms with E-state index in [1.807, 2.05) is 22.6 Å². The van der Waals surface area contributed by atoms with Crippen molar-refractivity contribution in [3.05, 3.63) is 9.53 Å². The quantitative estimate of drug-likeness (QED) is 0.662. The van der Waals surface area contributed by atoms with E-state index in [0.717, 1.165) is 0 Å². The van der Waals surface area contributed by atoms with Gasteiger partial charge in [-0.05, 0) is 29.5 Å². The van der Waals surface area contributed by atoms with Crippen LogP contribution in [0.3, 0.4) is 0 Å². The zero-order valence-corrected chi connectivity index (χ0v) is 10.2. The molecule has 1 amide bonds. The van der Waals surface area contributed by atoms with Crippen molar-refractivity contribution in [1.82, 2.24) is 9.97 Å². The summed E-state index contributed by atoms with van der Waals surface area (Å²) in [5, 5.41) is 2.62. The lowest BCUT2D eigenvalue weighted by Crippen LogP contribution is -2.11. The van der Waals surface area contributed by atoms with E-state index < -0.39 is 0 Å². The van der Waals surface area contributed by atoms with E-state index in [0.29, 0.717) is 21.1 Å². The second kappa shape index (κ2) is 4.54. The van der Waals surface area contributed by atoms with Crippen molar-refractivity contribution in [3.63, 3.8) is 0 Å². The van der Waals surface area contributed by atoms with Gasteiger partial charge < -0.3 is 10.1 Å². The molecule has 5 nitrogen and oxygen atoms in total. The summed E-state index contributed by atoms with van der Waals surface area (Å²) in [5.74, 6) is 0.825. The van der Waals surface area contributed by atoms with Crippen molar-refractivity contribution < 1.29 is 9.53 Å². The third-order valence-electron chi connectivity index (χ3n) is 1.44. The molecule has 1 heterocycles. The highest BCUT2D eigenvalue weighted by Crippen LogP contribution is 2.26. The lowest BCUT2D eigenvalue weighted by molar-refractivity contribution is -0.114. The standard InChI is InChI=1S/C8H10IN3O2/c1-4-10-7(9)6(12-5(2)13)8(11-4)14-3/h1-3H3,(H,12,13). The smallest absolute Gasteiger partial charge is 0.242 e. The molecule has 0 fully saturated rings. The highest BCUT2D eigenvalue weighted by Gasteiger charge is 2.12. The van der Waals surface area contributed by atoms with Crippen LogP contribution in [-0.4, -0.2) is 23.0 Å². The number of hydrogen-bond donors (Lipinski definition) is 1. The summed E-state index contributed by atoms with van der Waals surface area (Å²) in [6.45, 7) is 3.19. The number of amides is 1. The molecule has 76 valence electrons. The van der Waals surface area contributed by atoms with E-state index in [4.69, 9.17) is 4.74 Å². The first-order valence-corrected chi connectivity index (χ1v) is 4.98. The van der Waals surface area contributed by atoms with Gasteiger partial charge in [0.15, 0.2) is 0 Å². The monoisotopic (exact) mass is 307 g/mol. The molecule has 0 unspecified atom stereocenters. The van der Waals surface area contributed by atoms with E-state index in [-0.39, 0.29) is 5.91 Å². The van der Waals surface area contributed by atoms with Crippen LogP contribution in [0.25, 0.3) is 0 Å². The zero-order chi connectivity index (χ0) is 10.7. The minimum Gasteiger partial charge on any atom is -0.479 e. The summed E-state index contributed by atoms with van der Waals surface area (Å²) in [6, 6.07) is 0. The number of hydrogen-bond acceptors (Lipinski definition) is 4. The molecule has 14 heavy (non-hydrogen) atoms. The van der Waals surface area contributed by atoms with Crippen LogP contribution >= 0.6 is 22.6 Å². The Hall–Kier alpha value is -0.920. The van der Waals surface area contributed by atoms with E-state index in [1.165, 1.54) is 14.0 Å². The molecule has 1 N–H and O–H groups in total. The molecule has 1 rings (SSSR count). The zero-order valence-electron chi connectivity index (χ0n) is 8.09. The van der Waals surface area contributed by atoms with Gasteiger partial charge in [-0.1, -0.05) is 0 Å². The van der Waals surface area contributed by atoms with Crippen LogP contribution in [0.5, 0.6) is 5.88 Å². The fourth-order valence-corrected chi connectivity index (χ4v) is 1.66. The first kappa shape index (κ1) is 11.2. The van der Waals surface area contributed by atoms with Gasteiger partial charge in [0.2, 0.25) is 11.8 Å². The number of carbonyl (C=O) groups is 1. The maximum Gasteiger partial charge on any atom is 0.242 e. The summed E-state index contributed by atoms with van der Waals surface area (Å²) in [7, 11) is 1.50. The molecule has 0 aliphatic rings. The van der Waals surface area contributed by atoms with Gasteiger partial charge >= 0.3 is 0 Å². The molecule has 1 aromatic rings. The van der Waals surface area contributed by atoms with Gasteiger partial charge in [0.25, 0.3) is 0 Å². The lowest BCUT2D eigenvalue weighted by atomic mass is 10.4. The second-order valence-corrected chi connectivity index (χ2v) is 3.65. The van der Waals surface area contributed by atoms with Gasteiger partial charge in [0.05, 0.1) is 7.11 Å². The Balaban J connectivity index is 3.18. The van der Waals surface area contributed by atoms with Crippen molar-refractivity contribution in [1.29, 1.82) is 0 Å². The predicted octanol–water partition coefficient (Wildman–Crippen LogP) is 1.36. The fraction of sp³-hybridized carbons (Fsp3) is 0.375. The number of carbonyl (C=O) groups excluding carboxylic acids is 1. The van der Waals surface area contributed by atoms with Crippen LogP contribution < -0.4 is 10.1 Å². The minimum absolute atomic E-state index is 0.173. The number of rotatable bonds is 2. The largest absolute Gasteiger partial charge is 0.479 e. The Labute approximate surface area is 95.4 Å². The molecule has 0 aliphatic heterocycles. The Morgan fingerprint density at radius 1 is 1.50 bits per heavy atom. The van der Waals surface area contributed by atoms with Crippen molar-refractivity contribution in [2.45, 2.75) is 13.8 Å². The Morgan fingerprint density at radius 3 is 2.64 bits per heavy atom. The van der Waals surface area contributed by atoms with Crippen LogP contribution in [0, 0.1) is 10.6 Å². The van der Waals surface area contributed by atoms with Crippen LogP contribution in [0.2, 0.25) is 0 Å². The number of halogens is 1. The van der Waals surface area contributed by atoms with Crippen molar-refractivity contribution in [2.75, 3.05) is 12.4 Å². The average molecular weight is 307 g/mol. The minimum atomic E-state index is -0.173. The molecule has 0 saturated carbocycles. The normalized spacial score (nSPS) is 9.71. The highest BCUT2D eigenvalue weighted by molar-refractivity contribution is 14.1. The number of methoxy groups -OCH3 is 1. The van der Waals surface area contributed by atoms with Gasteiger partial charge in [0.1, 0.15) is 15.2 Å². The number of ether oxygens (including phenoxy) is 1. The SMILES string of the molecule is COc1nc(C)nc(I)c1NC(C)=O. The molecule has 0 atom stereocenters. The average Bonchev–Trinajstić information content (AvgIpc) is 2.08. The number of nitrogens with zero attached hydrogens (tertiary/aromatic N) is 2. The van der Waals surface area contributed by atoms with Crippen LogP contribution in [0.1, 0.15) is 12.7 Å². The maximum atomic E-state index is 10.9. The number of nitrogens with one attached hydrogen (secondary N) is 1. The topological polar surface area (TPSA) is 64.1 Å². The van der Waals surface area contributed by atoms with Gasteiger partial charge in [-0.25, -0.2) is 4.98 Å². The van der Waals surface area contributed by atoms with E-state index in [1.54, 1.807) is 6.92 Å². The third-order valence-corrected chi connectivity index (χ3v) is 2.22. The van der Waals surface area contributed by atoms with E-state index >= 15 is 0 Å². The van der Waals surface area contributed by atoms with Crippen LogP contribution in [0.4, 0.5) is 5.69 Å². The molecule has 0 bridgehead atoms. The Morgan fingerprint density at radius 2 is 2.14 bits per heavy atom. The third kappa shape index (κ3) is 2.53. The van der Waals surface area contributed by atoms with Crippen molar-refractivity contribution in [3.8, 4) is 5.88 Å². The Kier molecular flexibility index (Phi) is 3.62. The van der Waals surface area contributed by atoms with Gasteiger partial charge in [-0.2, -0.15) is 4.98 Å². The summed E-state index contributed by atoms with van der Waals surface area (Å²) >= 11 is 2.02. The van der Waals surface area contributed by atoms with Gasteiger partial charge in [0, 0.05) is 6.92 Å². The fourth-order valence-electron chi connectivity index (χ4n) is 0.943. The lowest BCUT2D eigenvalue weighted by Gasteiger charge is -2.09. The molecule has 0 radical (unpaired) electrons. The van der Waals surface area contributed by atoms with Crippen LogP contribution in [0.15, 0.2) is 0 Å². The Bertz CT molecular complexity index is 368. The van der Waals surface area contributed by atoms with Gasteiger partial charge in [-0.3, -0.25) is 4.79 Å². The summed E-state index contributed by atoms with van der Waals surface area (Å²) in [4.78, 5) is 19.1. The molecule has 0 aliphatic carbocycles. The predicted molar refractivity (Wildman–Crippen MR) is 60.3 cm³/mol. The van der Waals surface area contributed by atoms with E-state index in [2.05, 4.69) is 15.3 Å². The molecule has 0 aromatic carbocycles. The number of aryl methyl sites for hydroxylation is 1. The van der Waals surface area contributed by atoms with Crippen LogP contribution in [-0.2, 0) is 4.79 Å². The van der Waals surface area contributed by atoms with Gasteiger partial charge in [-0.15, -0.1) is 0 Å². The molecule has 0 saturated heterocycles. The highest BCUT2D eigenvalue weighted by atomic mass is 127. The maximum absolute atomic E-state index is 10.9. The van der Waals surface area contributed by atoms with Crippen molar-refractivity contribution in [2.24, 2.45) is 0 Å². The summed E-state index contributed by atoms with van der Waals surface area (Å²) in [5.41, 5.74) is 0.520. The number of aromatic nitrogens is 2. The second-order valence-electron chi connectivity index (χ2n) is 2.63. The molecular formula is C8H10IN3O2. The molecule has 1 aromatic heterocycles.